The van der Waals surface area contributed by atoms with Crippen LogP contribution in [0.3, 0.4) is 0 Å². The molecule has 3 aromatic rings. The Balaban J connectivity index is 1.38. The number of ether oxygens (including phenoxy) is 1. The Kier molecular flexibility index (Phi) is 5.95. The number of pyridine rings is 2. The average molecular weight is 451 g/mol. The Morgan fingerprint density at radius 1 is 1.27 bits per heavy atom. The molecule has 3 heterocycles. The lowest BCUT2D eigenvalue weighted by Crippen LogP contribution is -2.53. The van der Waals surface area contributed by atoms with E-state index in [1.165, 1.54) is 12.1 Å². The standard InChI is InChI=1S/C25H27FN4O3/c1-2-33-24-6-3-15(13-27-24)22-12-21(20-5-4-16(26)9-23(20)29-22)25(32)28-17-10-18(11-17)30-8-7-19(31)14-30/h3-6,9,12-13,17-19,31H,2,7-8,10-11,14H2,1H3,(H,28,32)/t17?,18?,19-/m1/s1. The van der Waals surface area contributed by atoms with Gasteiger partial charge in [-0.1, -0.05) is 0 Å². The van der Waals surface area contributed by atoms with Crippen molar-refractivity contribution in [1.29, 1.82) is 0 Å². The number of aromatic nitrogens is 2. The zero-order chi connectivity index (χ0) is 22.9. The zero-order valence-electron chi connectivity index (χ0n) is 18.5. The molecule has 1 aliphatic carbocycles. The fourth-order valence-electron chi connectivity index (χ4n) is 4.67. The van der Waals surface area contributed by atoms with Crippen LogP contribution in [-0.4, -0.2) is 63.8 Å². The fourth-order valence-corrected chi connectivity index (χ4v) is 4.67. The molecule has 2 aromatic heterocycles. The van der Waals surface area contributed by atoms with Gasteiger partial charge in [-0.25, -0.2) is 14.4 Å². The van der Waals surface area contributed by atoms with Crippen LogP contribution in [-0.2, 0) is 0 Å². The Labute approximate surface area is 191 Å². The first-order chi connectivity index (χ1) is 16.0. The number of carbonyl (C=O) groups is 1. The van der Waals surface area contributed by atoms with E-state index in [1.54, 1.807) is 24.4 Å². The third-order valence-electron chi connectivity index (χ3n) is 6.50. The summed E-state index contributed by atoms with van der Waals surface area (Å²) in [4.78, 5) is 24.4. The molecule has 1 aromatic carbocycles. The van der Waals surface area contributed by atoms with Crippen LogP contribution in [0.25, 0.3) is 22.2 Å². The Bertz CT molecular complexity index is 1160. The monoisotopic (exact) mass is 450 g/mol. The normalized spacial score (nSPS) is 22.8. The number of halogens is 1. The summed E-state index contributed by atoms with van der Waals surface area (Å²) in [5.74, 6) is -0.0897. The summed E-state index contributed by atoms with van der Waals surface area (Å²) in [6.07, 6.45) is 3.95. The molecule has 5 rings (SSSR count). The van der Waals surface area contributed by atoms with Crippen LogP contribution in [0.1, 0.15) is 36.5 Å². The molecule has 33 heavy (non-hydrogen) atoms. The van der Waals surface area contributed by atoms with Crippen molar-refractivity contribution < 1.29 is 19.0 Å². The highest BCUT2D eigenvalue weighted by Gasteiger charge is 2.37. The average Bonchev–Trinajstić information content (AvgIpc) is 3.21. The van der Waals surface area contributed by atoms with Crippen molar-refractivity contribution in [1.82, 2.24) is 20.2 Å². The first-order valence-electron chi connectivity index (χ1n) is 11.4. The molecule has 7 nitrogen and oxygen atoms in total. The molecule has 1 saturated heterocycles. The van der Waals surface area contributed by atoms with Gasteiger partial charge in [0.1, 0.15) is 5.82 Å². The van der Waals surface area contributed by atoms with Crippen LogP contribution < -0.4 is 10.1 Å². The topological polar surface area (TPSA) is 87.6 Å². The lowest BCUT2D eigenvalue weighted by Gasteiger charge is -2.41. The van der Waals surface area contributed by atoms with Crippen LogP contribution in [0.15, 0.2) is 42.6 Å². The lowest BCUT2D eigenvalue weighted by atomic mass is 9.85. The molecule has 0 radical (unpaired) electrons. The van der Waals surface area contributed by atoms with Gasteiger partial charge in [-0.15, -0.1) is 0 Å². The van der Waals surface area contributed by atoms with Crippen molar-refractivity contribution in [2.75, 3.05) is 19.7 Å². The van der Waals surface area contributed by atoms with E-state index in [-0.39, 0.29) is 18.1 Å². The van der Waals surface area contributed by atoms with Crippen molar-refractivity contribution in [2.45, 2.75) is 44.4 Å². The minimum atomic E-state index is -0.405. The van der Waals surface area contributed by atoms with Gasteiger partial charge in [0.2, 0.25) is 5.88 Å². The third kappa shape index (κ3) is 4.54. The van der Waals surface area contributed by atoms with Crippen molar-refractivity contribution >= 4 is 16.8 Å². The number of hydrogen-bond acceptors (Lipinski definition) is 6. The molecule has 0 unspecified atom stereocenters. The van der Waals surface area contributed by atoms with E-state index in [0.29, 0.717) is 47.2 Å². The van der Waals surface area contributed by atoms with Crippen LogP contribution in [0.2, 0.25) is 0 Å². The number of fused-ring (bicyclic) bond motifs is 1. The molecule has 1 saturated carbocycles. The first kappa shape index (κ1) is 21.7. The third-order valence-corrected chi connectivity index (χ3v) is 6.50. The number of carbonyl (C=O) groups excluding carboxylic acids is 1. The second-order valence-corrected chi connectivity index (χ2v) is 8.77. The predicted octanol–water partition coefficient (Wildman–Crippen LogP) is 3.16. The molecule has 2 aliphatic rings. The van der Waals surface area contributed by atoms with Crippen LogP contribution in [0, 0.1) is 5.82 Å². The number of nitrogens with one attached hydrogen (secondary N) is 1. The molecule has 1 aliphatic heterocycles. The smallest absolute Gasteiger partial charge is 0.252 e. The number of aliphatic hydroxyl groups excluding tert-OH is 1. The maximum atomic E-state index is 13.9. The molecule has 0 spiro atoms. The number of hydrogen-bond donors (Lipinski definition) is 2. The zero-order valence-corrected chi connectivity index (χ0v) is 18.5. The number of nitrogens with zero attached hydrogens (tertiary/aromatic N) is 3. The quantitative estimate of drug-likeness (QED) is 0.600. The van der Waals surface area contributed by atoms with Crippen LogP contribution in [0.5, 0.6) is 5.88 Å². The Morgan fingerprint density at radius 2 is 2.12 bits per heavy atom. The SMILES string of the molecule is CCOc1ccc(-c2cc(C(=O)NC3CC(N4CC[C@@H](O)C4)C3)c3ccc(F)cc3n2)cn1. The second kappa shape index (κ2) is 9.03. The second-order valence-electron chi connectivity index (χ2n) is 8.77. The van der Waals surface area contributed by atoms with Crippen molar-refractivity contribution in [2.24, 2.45) is 0 Å². The Morgan fingerprint density at radius 3 is 2.82 bits per heavy atom. The van der Waals surface area contributed by atoms with Gasteiger partial charge in [-0.2, -0.15) is 0 Å². The van der Waals surface area contributed by atoms with Gasteiger partial charge in [0.15, 0.2) is 0 Å². The number of benzene rings is 1. The summed E-state index contributed by atoms with van der Waals surface area (Å²) in [6, 6.07) is 10.1. The van der Waals surface area contributed by atoms with Crippen LogP contribution in [0.4, 0.5) is 4.39 Å². The van der Waals surface area contributed by atoms with Crippen molar-refractivity contribution in [3.8, 4) is 17.1 Å². The number of β-amino-alcohol motifs (C(OH)–C–C–N with tert-alkyl or cyclic N) is 1. The van der Waals surface area contributed by atoms with E-state index >= 15 is 0 Å². The van der Waals surface area contributed by atoms with Gasteiger partial charge in [0, 0.05) is 54.5 Å². The number of rotatable bonds is 6. The minimum absolute atomic E-state index is 0.0829. The van der Waals surface area contributed by atoms with Crippen molar-refractivity contribution in [3.05, 3.63) is 54.0 Å². The maximum absolute atomic E-state index is 13.9. The van der Waals surface area contributed by atoms with Gasteiger partial charge in [0.25, 0.3) is 5.91 Å². The van der Waals surface area contributed by atoms with E-state index in [2.05, 4.69) is 20.2 Å². The van der Waals surface area contributed by atoms with Gasteiger partial charge in [-0.05, 0) is 50.5 Å². The van der Waals surface area contributed by atoms with E-state index in [4.69, 9.17) is 4.74 Å². The van der Waals surface area contributed by atoms with Gasteiger partial charge >= 0.3 is 0 Å². The fraction of sp³-hybridized carbons (Fsp3) is 0.400. The number of aliphatic hydroxyl groups is 1. The van der Waals surface area contributed by atoms with Crippen molar-refractivity contribution in [3.63, 3.8) is 0 Å². The van der Waals surface area contributed by atoms with E-state index < -0.39 is 5.82 Å². The summed E-state index contributed by atoms with van der Waals surface area (Å²) in [7, 11) is 0. The largest absolute Gasteiger partial charge is 0.478 e. The van der Waals surface area contributed by atoms with Gasteiger partial charge < -0.3 is 15.2 Å². The molecular formula is C25H27FN4O3. The van der Waals surface area contributed by atoms with Crippen LogP contribution >= 0.6 is 0 Å². The highest BCUT2D eigenvalue weighted by atomic mass is 19.1. The highest BCUT2D eigenvalue weighted by molar-refractivity contribution is 6.07. The first-order valence-corrected chi connectivity index (χ1v) is 11.4. The molecule has 2 N–H and O–H groups in total. The number of amides is 1. The summed E-state index contributed by atoms with van der Waals surface area (Å²) in [5, 5.41) is 13.5. The summed E-state index contributed by atoms with van der Waals surface area (Å²) in [5.41, 5.74) is 2.15. The van der Waals surface area contributed by atoms with E-state index in [0.717, 1.165) is 31.4 Å². The van der Waals surface area contributed by atoms with Gasteiger partial charge in [-0.3, -0.25) is 9.69 Å². The molecule has 1 amide bonds. The summed E-state index contributed by atoms with van der Waals surface area (Å²) in [6.45, 7) is 4.03. The molecule has 8 heteroatoms. The number of likely N-dealkylation sites (tertiary alicyclic amines) is 1. The molecule has 172 valence electrons. The summed E-state index contributed by atoms with van der Waals surface area (Å²) < 4.78 is 19.3. The molecular weight excluding hydrogens is 423 g/mol. The molecule has 1 atom stereocenters. The summed E-state index contributed by atoms with van der Waals surface area (Å²) >= 11 is 0. The minimum Gasteiger partial charge on any atom is -0.478 e. The maximum Gasteiger partial charge on any atom is 0.252 e. The predicted molar refractivity (Wildman–Crippen MR) is 123 cm³/mol. The Hall–Kier alpha value is -3.10. The molecule has 2 fully saturated rings. The molecule has 0 bridgehead atoms. The van der Waals surface area contributed by atoms with E-state index in [9.17, 15) is 14.3 Å². The highest BCUT2D eigenvalue weighted by Crippen LogP contribution is 2.30. The van der Waals surface area contributed by atoms with E-state index in [1.807, 2.05) is 13.0 Å². The lowest BCUT2D eigenvalue weighted by molar-refractivity contribution is 0.0777. The van der Waals surface area contributed by atoms with Gasteiger partial charge in [0.05, 0.1) is 29.5 Å².